The van der Waals surface area contributed by atoms with Gasteiger partial charge in [-0.25, -0.2) is 0 Å². The van der Waals surface area contributed by atoms with Crippen LogP contribution in [-0.4, -0.2) is 0 Å². The Hall–Kier alpha value is -1.04. The first kappa shape index (κ1) is 11.4. The third-order valence-corrected chi connectivity index (χ3v) is 3.88. The highest BCUT2D eigenvalue weighted by molar-refractivity contribution is 5.66. The number of hydrogen-bond acceptors (Lipinski definition) is 0. The Labute approximate surface area is 99.4 Å². The fourth-order valence-electron chi connectivity index (χ4n) is 2.62. The summed E-state index contributed by atoms with van der Waals surface area (Å²) in [6, 6.07) is 4.78. The van der Waals surface area contributed by atoms with Gasteiger partial charge in [-0.1, -0.05) is 37.6 Å². The van der Waals surface area contributed by atoms with Crippen molar-refractivity contribution in [2.75, 3.05) is 0 Å². The summed E-state index contributed by atoms with van der Waals surface area (Å²) in [5.74, 6) is 0.837. The van der Waals surface area contributed by atoms with Crippen molar-refractivity contribution in [1.29, 1.82) is 0 Å². The van der Waals surface area contributed by atoms with Gasteiger partial charge in [0.05, 0.1) is 0 Å². The maximum absolute atomic E-state index is 4.08. The van der Waals surface area contributed by atoms with E-state index in [1.807, 2.05) is 0 Å². The van der Waals surface area contributed by atoms with Gasteiger partial charge in [-0.3, -0.25) is 0 Å². The summed E-state index contributed by atoms with van der Waals surface area (Å²) in [5.41, 5.74) is 7.08. The molecule has 1 aliphatic rings. The van der Waals surface area contributed by atoms with E-state index in [-0.39, 0.29) is 0 Å². The third-order valence-electron chi connectivity index (χ3n) is 3.88. The summed E-state index contributed by atoms with van der Waals surface area (Å²) in [5, 5.41) is 0. The zero-order chi connectivity index (χ0) is 11.7. The van der Waals surface area contributed by atoms with Gasteiger partial charge in [-0.15, -0.1) is 0 Å². The van der Waals surface area contributed by atoms with Crippen LogP contribution in [-0.2, 0) is 6.42 Å². The van der Waals surface area contributed by atoms with Crippen molar-refractivity contribution >= 4 is 5.57 Å². The molecule has 1 aliphatic carbocycles. The van der Waals surface area contributed by atoms with Crippen LogP contribution in [0, 0.1) is 6.92 Å². The molecule has 0 atom stereocenters. The zero-order valence-corrected chi connectivity index (χ0v) is 10.8. The van der Waals surface area contributed by atoms with Crippen LogP contribution in [0.3, 0.4) is 0 Å². The van der Waals surface area contributed by atoms with E-state index in [0.717, 1.165) is 12.3 Å². The lowest BCUT2D eigenvalue weighted by molar-refractivity contribution is 0.418. The van der Waals surface area contributed by atoms with Crippen LogP contribution in [0.5, 0.6) is 0 Å². The predicted molar refractivity (Wildman–Crippen MR) is 71.9 cm³/mol. The Morgan fingerprint density at radius 1 is 1.38 bits per heavy atom. The second-order valence-corrected chi connectivity index (χ2v) is 5.13. The molecule has 0 radical (unpaired) electrons. The Kier molecular flexibility index (Phi) is 3.18. The van der Waals surface area contributed by atoms with Gasteiger partial charge in [0.15, 0.2) is 0 Å². The molecule has 1 fully saturated rings. The molecule has 0 nitrogen and oxygen atoms in total. The van der Waals surface area contributed by atoms with E-state index in [4.69, 9.17) is 0 Å². The van der Waals surface area contributed by atoms with Gasteiger partial charge in [0.2, 0.25) is 0 Å². The quantitative estimate of drug-likeness (QED) is 0.674. The first-order chi connectivity index (χ1) is 7.63. The van der Waals surface area contributed by atoms with E-state index in [2.05, 4.69) is 39.5 Å². The lowest BCUT2D eigenvalue weighted by atomic mass is 9.77. The van der Waals surface area contributed by atoms with Gasteiger partial charge in [-0.2, -0.15) is 0 Å². The lowest BCUT2D eigenvalue weighted by Crippen LogP contribution is -2.11. The largest absolute Gasteiger partial charge is 0.0955 e. The van der Waals surface area contributed by atoms with Gasteiger partial charge >= 0.3 is 0 Å². The molecule has 0 amide bonds. The molecule has 0 unspecified atom stereocenters. The first-order valence-corrected chi connectivity index (χ1v) is 6.42. The highest BCUT2D eigenvalue weighted by atomic mass is 14.3. The highest BCUT2D eigenvalue weighted by Gasteiger charge is 2.22. The molecule has 0 N–H and O–H groups in total. The van der Waals surface area contributed by atoms with Crippen LogP contribution >= 0.6 is 0 Å². The molecule has 1 aromatic rings. The first-order valence-electron chi connectivity index (χ1n) is 6.42. The Morgan fingerprint density at radius 3 is 2.50 bits per heavy atom. The standard InChI is InChI=1S/C16H22/c1-5-13-10-16(14-7-6-8-14)12(4)9-15(13)11(2)3/h9-10,14H,2,5-8H2,1,3-4H3. The minimum Gasteiger partial charge on any atom is -0.0955 e. The monoisotopic (exact) mass is 214 g/mol. The van der Waals surface area contributed by atoms with Crippen molar-refractivity contribution in [3.63, 3.8) is 0 Å². The molecular weight excluding hydrogens is 192 g/mol. The Balaban J connectivity index is 2.45. The number of allylic oxidation sites excluding steroid dienone is 1. The van der Waals surface area contributed by atoms with Crippen LogP contribution in [0.25, 0.3) is 5.57 Å². The molecule has 0 spiro atoms. The van der Waals surface area contributed by atoms with Gasteiger partial charge in [0.1, 0.15) is 0 Å². The van der Waals surface area contributed by atoms with E-state index in [9.17, 15) is 0 Å². The van der Waals surface area contributed by atoms with Crippen molar-refractivity contribution in [3.8, 4) is 0 Å². The third kappa shape index (κ3) is 1.93. The Bertz CT molecular complexity index is 408. The summed E-state index contributed by atoms with van der Waals surface area (Å²) >= 11 is 0. The van der Waals surface area contributed by atoms with Gasteiger partial charge in [-0.05, 0) is 61.3 Å². The molecule has 0 heteroatoms. The molecule has 0 bridgehead atoms. The summed E-state index contributed by atoms with van der Waals surface area (Å²) in [7, 11) is 0. The van der Waals surface area contributed by atoms with E-state index in [1.165, 1.54) is 41.5 Å². The van der Waals surface area contributed by atoms with Gasteiger partial charge in [0.25, 0.3) is 0 Å². The molecule has 0 aromatic heterocycles. The van der Waals surface area contributed by atoms with E-state index in [1.54, 1.807) is 5.56 Å². The highest BCUT2D eigenvalue weighted by Crippen LogP contribution is 2.39. The summed E-state index contributed by atoms with van der Waals surface area (Å²) < 4.78 is 0. The molecule has 16 heavy (non-hydrogen) atoms. The maximum Gasteiger partial charge on any atom is -0.0159 e. The summed E-state index contributed by atoms with van der Waals surface area (Å²) in [6.07, 6.45) is 5.29. The summed E-state index contributed by atoms with van der Waals surface area (Å²) in [6.45, 7) is 10.7. The number of aryl methyl sites for hydroxylation is 2. The normalized spacial score (nSPS) is 15.9. The minimum atomic E-state index is 0.837. The second kappa shape index (κ2) is 4.45. The van der Waals surface area contributed by atoms with E-state index >= 15 is 0 Å². The fraction of sp³-hybridized carbons (Fsp3) is 0.500. The fourth-order valence-corrected chi connectivity index (χ4v) is 2.62. The van der Waals surface area contributed by atoms with Crippen molar-refractivity contribution in [3.05, 3.63) is 41.0 Å². The van der Waals surface area contributed by atoms with Crippen molar-refractivity contribution in [1.82, 2.24) is 0 Å². The molecule has 1 saturated carbocycles. The zero-order valence-electron chi connectivity index (χ0n) is 10.8. The van der Waals surface area contributed by atoms with Crippen LogP contribution in [0.4, 0.5) is 0 Å². The van der Waals surface area contributed by atoms with Crippen molar-refractivity contribution in [2.24, 2.45) is 0 Å². The lowest BCUT2D eigenvalue weighted by Gasteiger charge is -2.28. The average Bonchev–Trinajstić information content (AvgIpc) is 2.17. The molecule has 0 aliphatic heterocycles. The van der Waals surface area contributed by atoms with Gasteiger partial charge < -0.3 is 0 Å². The topological polar surface area (TPSA) is 0 Å². The van der Waals surface area contributed by atoms with Gasteiger partial charge in [0, 0.05) is 0 Å². The van der Waals surface area contributed by atoms with Crippen LogP contribution < -0.4 is 0 Å². The van der Waals surface area contributed by atoms with Crippen molar-refractivity contribution < 1.29 is 0 Å². The molecule has 0 saturated heterocycles. The SMILES string of the molecule is C=C(C)c1cc(C)c(C2CCC2)cc1CC. The molecule has 86 valence electrons. The average molecular weight is 214 g/mol. The molecule has 2 rings (SSSR count). The van der Waals surface area contributed by atoms with E-state index in [0.29, 0.717) is 0 Å². The molecule has 1 aromatic carbocycles. The van der Waals surface area contributed by atoms with Crippen LogP contribution in [0.1, 0.15) is 61.3 Å². The summed E-state index contributed by atoms with van der Waals surface area (Å²) in [4.78, 5) is 0. The van der Waals surface area contributed by atoms with Crippen molar-refractivity contribution in [2.45, 2.75) is 52.4 Å². The number of benzene rings is 1. The van der Waals surface area contributed by atoms with Crippen LogP contribution in [0.2, 0.25) is 0 Å². The molecule has 0 heterocycles. The van der Waals surface area contributed by atoms with E-state index < -0.39 is 0 Å². The van der Waals surface area contributed by atoms with Crippen LogP contribution in [0.15, 0.2) is 18.7 Å². The number of hydrogen-bond donors (Lipinski definition) is 0. The smallest absolute Gasteiger partial charge is 0.0159 e. The predicted octanol–water partition coefficient (Wildman–Crippen LogP) is 4.86. The molecular formula is C16H22. The maximum atomic E-state index is 4.08. The Morgan fingerprint density at radius 2 is 2.06 bits per heavy atom. The number of rotatable bonds is 3. The minimum absolute atomic E-state index is 0.837. The second-order valence-electron chi connectivity index (χ2n) is 5.13.